The van der Waals surface area contributed by atoms with Crippen LogP contribution in [0.15, 0.2) is 24.3 Å². The Morgan fingerprint density at radius 3 is 2.76 bits per heavy atom. The summed E-state index contributed by atoms with van der Waals surface area (Å²) in [5, 5.41) is 5.82. The minimum atomic E-state index is -0.644. The molecule has 1 aliphatic heterocycles. The minimum absolute atomic E-state index is 0.210. The third kappa shape index (κ3) is 3.21. The number of amides is 3. The zero-order valence-corrected chi connectivity index (χ0v) is 12.2. The lowest BCUT2D eigenvalue weighted by molar-refractivity contribution is -0.147. The van der Waals surface area contributed by atoms with Crippen LogP contribution in [0, 0.1) is 0 Å². The van der Waals surface area contributed by atoms with Gasteiger partial charge < -0.3 is 10.6 Å². The number of carbonyl (C=O) groups excluding carboxylic acids is 3. The smallest absolute Gasteiger partial charge is 0.254 e. The number of likely N-dealkylation sites (tertiary alicyclic amines) is 1. The molecule has 0 aliphatic carbocycles. The molecule has 1 atom stereocenters. The summed E-state index contributed by atoms with van der Waals surface area (Å²) in [7, 11) is 1.44. The van der Waals surface area contributed by atoms with Gasteiger partial charge >= 0.3 is 0 Å². The Morgan fingerprint density at radius 1 is 1.33 bits per heavy atom. The lowest BCUT2D eigenvalue weighted by Crippen LogP contribution is -2.52. The van der Waals surface area contributed by atoms with Crippen molar-refractivity contribution in [3.05, 3.63) is 29.8 Å². The van der Waals surface area contributed by atoms with Crippen molar-refractivity contribution in [1.82, 2.24) is 10.2 Å². The molecule has 112 valence electrons. The second kappa shape index (κ2) is 6.39. The standard InChI is InChI=1S/C15H19N3O3/c1-3-16-11-7-5-4-6-10(11)14(20)17-12-8-9-13(19)18(2)15(12)21/h4-7,12,16H,3,8-9H2,1-2H3,(H,17,20). The summed E-state index contributed by atoms with van der Waals surface area (Å²) in [6.07, 6.45) is 0.610. The summed E-state index contributed by atoms with van der Waals surface area (Å²) in [4.78, 5) is 36.8. The summed E-state index contributed by atoms with van der Waals surface area (Å²) >= 11 is 0. The Hall–Kier alpha value is -2.37. The lowest BCUT2D eigenvalue weighted by Gasteiger charge is -2.28. The Bertz CT molecular complexity index is 571. The topological polar surface area (TPSA) is 78.5 Å². The molecule has 1 heterocycles. The average molecular weight is 289 g/mol. The highest BCUT2D eigenvalue weighted by molar-refractivity contribution is 6.05. The highest BCUT2D eigenvalue weighted by Crippen LogP contribution is 2.17. The van der Waals surface area contributed by atoms with Gasteiger partial charge in [0.2, 0.25) is 5.91 Å². The van der Waals surface area contributed by atoms with Gasteiger partial charge in [0.15, 0.2) is 0 Å². The van der Waals surface area contributed by atoms with Gasteiger partial charge in [-0.05, 0) is 25.5 Å². The van der Waals surface area contributed by atoms with Crippen LogP contribution in [0.1, 0.15) is 30.1 Å². The molecule has 3 amide bonds. The summed E-state index contributed by atoms with van der Waals surface area (Å²) in [5.74, 6) is -0.883. The van der Waals surface area contributed by atoms with Gasteiger partial charge in [0, 0.05) is 25.7 Å². The number of hydrogen-bond donors (Lipinski definition) is 2. The first-order valence-corrected chi connectivity index (χ1v) is 6.98. The molecule has 1 saturated heterocycles. The highest BCUT2D eigenvalue weighted by Gasteiger charge is 2.33. The van der Waals surface area contributed by atoms with E-state index in [1.807, 2.05) is 19.1 Å². The van der Waals surface area contributed by atoms with E-state index in [2.05, 4.69) is 10.6 Å². The molecule has 0 bridgehead atoms. The molecule has 2 rings (SSSR count). The second-order valence-corrected chi connectivity index (χ2v) is 4.93. The third-order valence-electron chi connectivity index (χ3n) is 3.49. The Kier molecular flexibility index (Phi) is 4.57. The first kappa shape index (κ1) is 15.0. The van der Waals surface area contributed by atoms with Crippen LogP contribution >= 0.6 is 0 Å². The number of piperidine rings is 1. The van der Waals surface area contributed by atoms with Crippen molar-refractivity contribution >= 4 is 23.4 Å². The minimum Gasteiger partial charge on any atom is -0.385 e. The van der Waals surface area contributed by atoms with Crippen molar-refractivity contribution in [2.75, 3.05) is 18.9 Å². The van der Waals surface area contributed by atoms with Gasteiger partial charge in [0.05, 0.1) is 5.56 Å². The number of nitrogens with zero attached hydrogens (tertiary/aromatic N) is 1. The van der Waals surface area contributed by atoms with Crippen molar-refractivity contribution in [2.45, 2.75) is 25.8 Å². The average Bonchev–Trinajstić information content (AvgIpc) is 2.49. The fraction of sp³-hybridized carbons (Fsp3) is 0.400. The van der Waals surface area contributed by atoms with Crippen LogP contribution < -0.4 is 10.6 Å². The number of carbonyl (C=O) groups is 3. The Morgan fingerprint density at radius 2 is 2.05 bits per heavy atom. The number of anilines is 1. The van der Waals surface area contributed by atoms with E-state index in [4.69, 9.17) is 0 Å². The molecular formula is C15H19N3O3. The largest absolute Gasteiger partial charge is 0.385 e. The molecule has 21 heavy (non-hydrogen) atoms. The van der Waals surface area contributed by atoms with Gasteiger partial charge in [-0.25, -0.2) is 0 Å². The molecular weight excluding hydrogens is 270 g/mol. The quantitative estimate of drug-likeness (QED) is 0.810. The predicted octanol–water partition coefficient (Wildman–Crippen LogP) is 0.996. The van der Waals surface area contributed by atoms with Gasteiger partial charge in [-0.2, -0.15) is 0 Å². The molecule has 0 radical (unpaired) electrons. The normalized spacial score (nSPS) is 18.6. The van der Waals surface area contributed by atoms with Crippen LogP contribution in [0.3, 0.4) is 0 Å². The third-order valence-corrected chi connectivity index (χ3v) is 3.49. The molecule has 1 unspecified atom stereocenters. The van der Waals surface area contributed by atoms with Crippen LogP contribution in [0.25, 0.3) is 0 Å². The molecule has 6 heteroatoms. The first-order valence-electron chi connectivity index (χ1n) is 6.98. The number of nitrogens with one attached hydrogen (secondary N) is 2. The maximum absolute atomic E-state index is 12.3. The van der Waals surface area contributed by atoms with E-state index in [0.717, 1.165) is 10.6 Å². The summed E-state index contributed by atoms with van der Waals surface area (Å²) in [6, 6.07) is 6.49. The maximum atomic E-state index is 12.3. The molecule has 1 fully saturated rings. The van der Waals surface area contributed by atoms with Gasteiger partial charge in [-0.15, -0.1) is 0 Å². The van der Waals surface area contributed by atoms with Gasteiger partial charge in [0.1, 0.15) is 6.04 Å². The van der Waals surface area contributed by atoms with E-state index < -0.39 is 6.04 Å². The number of para-hydroxylation sites is 1. The highest BCUT2D eigenvalue weighted by atomic mass is 16.2. The fourth-order valence-corrected chi connectivity index (χ4v) is 2.31. The lowest BCUT2D eigenvalue weighted by atomic mass is 10.0. The number of likely N-dealkylation sites (N-methyl/N-ethyl adjacent to an activating group) is 1. The van der Waals surface area contributed by atoms with Crippen LogP contribution in [0.2, 0.25) is 0 Å². The SMILES string of the molecule is CCNc1ccccc1C(=O)NC1CCC(=O)N(C)C1=O. The molecule has 0 spiro atoms. The van der Waals surface area contributed by atoms with Gasteiger partial charge in [0.25, 0.3) is 11.8 Å². The van der Waals surface area contributed by atoms with E-state index in [-0.39, 0.29) is 24.1 Å². The van der Waals surface area contributed by atoms with Crippen molar-refractivity contribution in [1.29, 1.82) is 0 Å². The molecule has 1 aliphatic rings. The monoisotopic (exact) mass is 289 g/mol. The number of benzene rings is 1. The van der Waals surface area contributed by atoms with E-state index in [9.17, 15) is 14.4 Å². The summed E-state index contributed by atoms with van der Waals surface area (Å²) < 4.78 is 0. The van der Waals surface area contributed by atoms with Gasteiger partial charge in [-0.3, -0.25) is 19.3 Å². The van der Waals surface area contributed by atoms with Crippen LogP contribution in [0.4, 0.5) is 5.69 Å². The van der Waals surface area contributed by atoms with Crippen LogP contribution in [-0.4, -0.2) is 42.3 Å². The number of hydrogen-bond acceptors (Lipinski definition) is 4. The van der Waals surface area contributed by atoms with E-state index in [1.54, 1.807) is 12.1 Å². The zero-order valence-electron chi connectivity index (χ0n) is 12.2. The molecule has 1 aromatic rings. The van der Waals surface area contributed by atoms with Crippen molar-refractivity contribution in [3.63, 3.8) is 0 Å². The molecule has 2 N–H and O–H groups in total. The summed E-state index contributed by atoms with van der Waals surface area (Å²) in [6.45, 7) is 2.64. The van der Waals surface area contributed by atoms with Crippen LogP contribution in [-0.2, 0) is 9.59 Å². The molecule has 0 aromatic heterocycles. The Balaban J connectivity index is 2.11. The zero-order chi connectivity index (χ0) is 15.4. The first-order chi connectivity index (χ1) is 10.0. The second-order valence-electron chi connectivity index (χ2n) is 4.93. The van der Waals surface area contributed by atoms with Crippen molar-refractivity contribution < 1.29 is 14.4 Å². The molecule has 6 nitrogen and oxygen atoms in total. The fourth-order valence-electron chi connectivity index (χ4n) is 2.31. The molecule has 1 aromatic carbocycles. The maximum Gasteiger partial charge on any atom is 0.254 e. The van der Waals surface area contributed by atoms with E-state index in [1.165, 1.54) is 7.05 Å². The van der Waals surface area contributed by atoms with E-state index >= 15 is 0 Å². The van der Waals surface area contributed by atoms with Crippen molar-refractivity contribution in [3.8, 4) is 0 Å². The number of rotatable bonds is 4. The van der Waals surface area contributed by atoms with Gasteiger partial charge in [-0.1, -0.05) is 12.1 Å². The van der Waals surface area contributed by atoms with Crippen LogP contribution in [0.5, 0.6) is 0 Å². The number of imide groups is 1. The molecule has 0 saturated carbocycles. The van der Waals surface area contributed by atoms with E-state index in [0.29, 0.717) is 18.5 Å². The predicted molar refractivity (Wildman–Crippen MR) is 78.9 cm³/mol. The summed E-state index contributed by atoms with van der Waals surface area (Å²) in [5.41, 5.74) is 1.22. The van der Waals surface area contributed by atoms with Crippen molar-refractivity contribution in [2.24, 2.45) is 0 Å². The Labute approximate surface area is 123 Å².